The number of carbonyl (C=O) groups is 1. The number of likely N-dealkylation sites (N-methyl/N-ethyl adjacent to an activating group) is 1. The molecule has 4 heteroatoms. The van der Waals surface area contributed by atoms with Crippen LogP contribution in [0.5, 0.6) is 0 Å². The van der Waals surface area contributed by atoms with E-state index in [0.717, 1.165) is 25.6 Å². The Hall–Kier alpha value is -0.610. The standard InChI is InChI=1S/C12H25N3O/c1-4-10(2)14-9-12(16)13-7-8-15(3)11-5-6-11/h10-11,14H,4-9H2,1-3H3,(H,13,16). The van der Waals surface area contributed by atoms with Crippen molar-refractivity contribution in [2.24, 2.45) is 0 Å². The summed E-state index contributed by atoms with van der Waals surface area (Å²) < 4.78 is 0. The molecule has 0 saturated heterocycles. The predicted molar refractivity (Wildman–Crippen MR) is 66.4 cm³/mol. The van der Waals surface area contributed by atoms with Crippen LogP contribution in [0.4, 0.5) is 0 Å². The van der Waals surface area contributed by atoms with Crippen LogP contribution in [0.1, 0.15) is 33.1 Å². The molecule has 1 atom stereocenters. The molecule has 1 rings (SSSR count). The molecule has 0 aliphatic heterocycles. The van der Waals surface area contributed by atoms with Crippen LogP contribution in [0.25, 0.3) is 0 Å². The fourth-order valence-corrected chi connectivity index (χ4v) is 1.54. The van der Waals surface area contributed by atoms with Crippen LogP contribution in [0, 0.1) is 0 Å². The maximum Gasteiger partial charge on any atom is 0.234 e. The largest absolute Gasteiger partial charge is 0.354 e. The summed E-state index contributed by atoms with van der Waals surface area (Å²) in [4.78, 5) is 13.8. The summed E-state index contributed by atoms with van der Waals surface area (Å²) in [6.07, 6.45) is 3.69. The van der Waals surface area contributed by atoms with Gasteiger partial charge in [0.25, 0.3) is 0 Å². The van der Waals surface area contributed by atoms with E-state index >= 15 is 0 Å². The van der Waals surface area contributed by atoms with Crippen LogP contribution in [0.15, 0.2) is 0 Å². The predicted octanol–water partition coefficient (Wildman–Crippen LogP) is 0.585. The van der Waals surface area contributed by atoms with Gasteiger partial charge in [-0.05, 0) is 33.2 Å². The molecule has 16 heavy (non-hydrogen) atoms. The molecular formula is C12H25N3O. The second-order valence-corrected chi connectivity index (χ2v) is 4.75. The van der Waals surface area contributed by atoms with Crippen molar-refractivity contribution in [2.75, 3.05) is 26.7 Å². The zero-order chi connectivity index (χ0) is 12.0. The van der Waals surface area contributed by atoms with Gasteiger partial charge in [-0.3, -0.25) is 4.79 Å². The topological polar surface area (TPSA) is 44.4 Å². The third-order valence-electron chi connectivity index (χ3n) is 3.18. The van der Waals surface area contributed by atoms with Gasteiger partial charge in [0.2, 0.25) is 5.91 Å². The highest BCUT2D eigenvalue weighted by Crippen LogP contribution is 2.24. The molecule has 4 nitrogen and oxygen atoms in total. The highest BCUT2D eigenvalue weighted by Gasteiger charge is 2.25. The van der Waals surface area contributed by atoms with Gasteiger partial charge in [-0.1, -0.05) is 6.92 Å². The number of carbonyl (C=O) groups excluding carboxylic acids is 1. The molecule has 1 saturated carbocycles. The average Bonchev–Trinajstić information content (AvgIpc) is 3.09. The van der Waals surface area contributed by atoms with Crippen molar-refractivity contribution >= 4 is 5.91 Å². The summed E-state index contributed by atoms with van der Waals surface area (Å²) in [5.41, 5.74) is 0. The van der Waals surface area contributed by atoms with Crippen molar-refractivity contribution in [3.63, 3.8) is 0 Å². The summed E-state index contributed by atoms with van der Waals surface area (Å²) in [7, 11) is 2.13. The highest BCUT2D eigenvalue weighted by molar-refractivity contribution is 5.77. The molecule has 1 amide bonds. The fourth-order valence-electron chi connectivity index (χ4n) is 1.54. The van der Waals surface area contributed by atoms with E-state index < -0.39 is 0 Å². The number of rotatable bonds is 8. The lowest BCUT2D eigenvalue weighted by atomic mass is 10.2. The fraction of sp³-hybridized carbons (Fsp3) is 0.917. The van der Waals surface area contributed by atoms with E-state index in [1.807, 2.05) is 0 Å². The van der Waals surface area contributed by atoms with Gasteiger partial charge >= 0.3 is 0 Å². The minimum atomic E-state index is 0.101. The molecule has 1 unspecified atom stereocenters. The zero-order valence-electron chi connectivity index (χ0n) is 10.8. The maximum atomic E-state index is 11.4. The summed E-state index contributed by atoms with van der Waals surface area (Å²) >= 11 is 0. The molecule has 0 spiro atoms. The molecule has 0 aromatic rings. The molecule has 0 bridgehead atoms. The van der Waals surface area contributed by atoms with Crippen LogP contribution in [0.3, 0.4) is 0 Å². The smallest absolute Gasteiger partial charge is 0.234 e. The third kappa shape index (κ3) is 5.47. The number of nitrogens with one attached hydrogen (secondary N) is 2. The minimum absolute atomic E-state index is 0.101. The normalized spacial score (nSPS) is 17.5. The highest BCUT2D eigenvalue weighted by atomic mass is 16.1. The van der Waals surface area contributed by atoms with E-state index in [1.54, 1.807) is 0 Å². The molecule has 1 aliphatic carbocycles. The average molecular weight is 227 g/mol. The Morgan fingerprint density at radius 2 is 2.19 bits per heavy atom. The quantitative estimate of drug-likeness (QED) is 0.638. The lowest BCUT2D eigenvalue weighted by Gasteiger charge is -2.16. The van der Waals surface area contributed by atoms with Gasteiger partial charge in [-0.25, -0.2) is 0 Å². The maximum absolute atomic E-state index is 11.4. The van der Waals surface area contributed by atoms with Crippen LogP contribution in [-0.2, 0) is 4.79 Å². The lowest BCUT2D eigenvalue weighted by molar-refractivity contribution is -0.120. The van der Waals surface area contributed by atoms with Gasteiger partial charge in [-0.2, -0.15) is 0 Å². The van der Waals surface area contributed by atoms with Crippen molar-refractivity contribution in [3.05, 3.63) is 0 Å². The number of hydrogen-bond acceptors (Lipinski definition) is 3. The van der Waals surface area contributed by atoms with Crippen molar-refractivity contribution < 1.29 is 4.79 Å². The summed E-state index contributed by atoms with van der Waals surface area (Å²) in [5.74, 6) is 0.101. The number of amides is 1. The van der Waals surface area contributed by atoms with Crippen LogP contribution in [0.2, 0.25) is 0 Å². The third-order valence-corrected chi connectivity index (χ3v) is 3.18. The van der Waals surface area contributed by atoms with Gasteiger partial charge < -0.3 is 15.5 Å². The van der Waals surface area contributed by atoms with Crippen molar-refractivity contribution in [2.45, 2.75) is 45.2 Å². The summed E-state index contributed by atoms with van der Waals surface area (Å²) in [6, 6.07) is 1.19. The van der Waals surface area contributed by atoms with Gasteiger partial charge in [-0.15, -0.1) is 0 Å². The van der Waals surface area contributed by atoms with Gasteiger partial charge in [0.1, 0.15) is 0 Å². The summed E-state index contributed by atoms with van der Waals surface area (Å²) in [5, 5.41) is 6.11. The molecule has 0 radical (unpaired) electrons. The van der Waals surface area contributed by atoms with Crippen molar-refractivity contribution in [1.29, 1.82) is 0 Å². The van der Waals surface area contributed by atoms with Gasteiger partial charge in [0.05, 0.1) is 6.54 Å². The Morgan fingerprint density at radius 1 is 1.50 bits per heavy atom. The first kappa shape index (κ1) is 13.5. The minimum Gasteiger partial charge on any atom is -0.354 e. The number of nitrogens with zero attached hydrogens (tertiary/aromatic N) is 1. The first-order valence-electron chi connectivity index (χ1n) is 6.33. The second kappa shape index (κ2) is 6.86. The summed E-state index contributed by atoms with van der Waals surface area (Å²) in [6.45, 7) is 6.35. The second-order valence-electron chi connectivity index (χ2n) is 4.75. The zero-order valence-corrected chi connectivity index (χ0v) is 10.8. The van der Waals surface area contributed by atoms with Crippen LogP contribution >= 0.6 is 0 Å². The van der Waals surface area contributed by atoms with Gasteiger partial charge in [0.15, 0.2) is 0 Å². The molecule has 0 heterocycles. The number of hydrogen-bond donors (Lipinski definition) is 2. The first-order valence-corrected chi connectivity index (χ1v) is 6.33. The van der Waals surface area contributed by atoms with E-state index in [-0.39, 0.29) is 5.91 Å². The molecule has 0 aromatic carbocycles. The lowest BCUT2D eigenvalue weighted by Crippen LogP contribution is -2.40. The van der Waals surface area contributed by atoms with E-state index in [0.29, 0.717) is 12.6 Å². The molecule has 0 aromatic heterocycles. The van der Waals surface area contributed by atoms with Gasteiger partial charge in [0, 0.05) is 25.2 Å². The molecule has 1 aliphatic rings. The van der Waals surface area contributed by atoms with Crippen molar-refractivity contribution in [3.8, 4) is 0 Å². The molecule has 2 N–H and O–H groups in total. The first-order chi connectivity index (χ1) is 7.63. The van der Waals surface area contributed by atoms with E-state index in [2.05, 4.69) is 36.4 Å². The Labute approximate surface area is 98.8 Å². The Bertz CT molecular complexity index is 216. The van der Waals surface area contributed by atoms with E-state index in [1.165, 1.54) is 12.8 Å². The monoisotopic (exact) mass is 227 g/mol. The SMILES string of the molecule is CCC(C)NCC(=O)NCCN(C)C1CC1. The van der Waals surface area contributed by atoms with Crippen LogP contribution in [-0.4, -0.2) is 49.6 Å². The van der Waals surface area contributed by atoms with E-state index in [4.69, 9.17) is 0 Å². The van der Waals surface area contributed by atoms with Crippen molar-refractivity contribution in [1.82, 2.24) is 15.5 Å². The molecule has 1 fully saturated rings. The molecule has 94 valence electrons. The Morgan fingerprint density at radius 3 is 2.75 bits per heavy atom. The van der Waals surface area contributed by atoms with E-state index in [9.17, 15) is 4.79 Å². The molecular weight excluding hydrogens is 202 g/mol. The van der Waals surface area contributed by atoms with Crippen LogP contribution < -0.4 is 10.6 Å². The Kier molecular flexibility index (Phi) is 5.77. The Balaban J connectivity index is 1.97.